The van der Waals surface area contributed by atoms with Crippen LogP contribution in [0.1, 0.15) is 17.1 Å². The summed E-state index contributed by atoms with van der Waals surface area (Å²) in [5.74, 6) is -0.342. The number of amides is 1. The number of sulfone groups is 1. The second-order valence-corrected chi connectivity index (χ2v) is 7.85. The van der Waals surface area contributed by atoms with Crippen LogP contribution in [0.3, 0.4) is 0 Å². The van der Waals surface area contributed by atoms with Gasteiger partial charge in [0.2, 0.25) is 5.91 Å². The Bertz CT molecular complexity index is 550. The van der Waals surface area contributed by atoms with Crippen LogP contribution in [0.5, 0.6) is 0 Å². The highest BCUT2D eigenvalue weighted by molar-refractivity contribution is 7.91. The third-order valence-electron chi connectivity index (χ3n) is 3.00. The monoisotopic (exact) mass is 288 g/mol. The normalized spacial score (nSPS) is 22.0. The number of hydrogen-bond donors (Lipinski definition) is 0. The average Bonchev–Trinajstić information content (AvgIpc) is 2.83. The van der Waals surface area contributed by atoms with Crippen LogP contribution in [0.2, 0.25) is 0 Å². The number of carbonyl (C=O) groups excluding carboxylic acids is 1. The minimum atomic E-state index is -3.00. The van der Waals surface area contributed by atoms with Crippen molar-refractivity contribution in [2.45, 2.75) is 19.9 Å². The molecule has 0 aromatic carbocycles. The van der Waals surface area contributed by atoms with Crippen molar-refractivity contribution in [2.75, 3.05) is 18.6 Å². The third-order valence-corrected chi connectivity index (χ3v) is 5.72. The van der Waals surface area contributed by atoms with Crippen LogP contribution in [-0.4, -0.2) is 42.8 Å². The standard InChI is InChI=1S/C11H16N2O3S2/c1-8-6-17-10(12-8)5-13(2)11(14)9-3-4-18(15,16)7-9/h6,9H,3-5,7H2,1-2H3/t9-/m0/s1. The summed E-state index contributed by atoms with van der Waals surface area (Å²) in [5.41, 5.74) is 0.944. The number of aryl methyl sites for hydroxylation is 1. The van der Waals surface area contributed by atoms with Crippen LogP contribution in [0.4, 0.5) is 0 Å². The summed E-state index contributed by atoms with van der Waals surface area (Å²) in [6.45, 7) is 2.36. The van der Waals surface area contributed by atoms with E-state index in [-0.39, 0.29) is 23.3 Å². The molecule has 18 heavy (non-hydrogen) atoms. The molecule has 0 N–H and O–H groups in total. The maximum Gasteiger partial charge on any atom is 0.226 e. The van der Waals surface area contributed by atoms with E-state index in [0.29, 0.717) is 13.0 Å². The lowest BCUT2D eigenvalue weighted by Gasteiger charge is -2.19. The van der Waals surface area contributed by atoms with Gasteiger partial charge >= 0.3 is 0 Å². The Morgan fingerprint density at radius 2 is 2.33 bits per heavy atom. The Morgan fingerprint density at radius 1 is 1.61 bits per heavy atom. The van der Waals surface area contributed by atoms with Gasteiger partial charge in [0, 0.05) is 18.1 Å². The van der Waals surface area contributed by atoms with E-state index in [0.717, 1.165) is 10.7 Å². The van der Waals surface area contributed by atoms with Crippen molar-refractivity contribution < 1.29 is 13.2 Å². The molecular weight excluding hydrogens is 272 g/mol. The number of carbonyl (C=O) groups is 1. The molecule has 1 aromatic rings. The molecule has 2 heterocycles. The van der Waals surface area contributed by atoms with Gasteiger partial charge in [0.1, 0.15) is 5.01 Å². The fourth-order valence-electron chi connectivity index (χ4n) is 2.06. The molecule has 1 fully saturated rings. The van der Waals surface area contributed by atoms with Crippen LogP contribution in [0, 0.1) is 12.8 Å². The summed E-state index contributed by atoms with van der Waals surface area (Å²) in [4.78, 5) is 18.0. The zero-order valence-electron chi connectivity index (χ0n) is 10.4. The predicted octanol–water partition coefficient (Wildman–Crippen LogP) is 0.845. The molecule has 0 spiro atoms. The summed E-state index contributed by atoms with van der Waals surface area (Å²) >= 11 is 1.51. The van der Waals surface area contributed by atoms with Crippen LogP contribution in [0.15, 0.2) is 5.38 Å². The van der Waals surface area contributed by atoms with Crippen molar-refractivity contribution in [1.82, 2.24) is 9.88 Å². The highest BCUT2D eigenvalue weighted by Gasteiger charge is 2.34. The molecule has 2 rings (SSSR count). The molecule has 1 atom stereocenters. The Morgan fingerprint density at radius 3 is 2.83 bits per heavy atom. The smallest absolute Gasteiger partial charge is 0.226 e. The first-order chi connectivity index (χ1) is 8.37. The van der Waals surface area contributed by atoms with Gasteiger partial charge in [-0.1, -0.05) is 0 Å². The molecule has 0 saturated carbocycles. The van der Waals surface area contributed by atoms with Crippen molar-refractivity contribution >= 4 is 27.1 Å². The van der Waals surface area contributed by atoms with Crippen LogP contribution in [0.25, 0.3) is 0 Å². The summed E-state index contributed by atoms with van der Waals surface area (Å²) in [6, 6.07) is 0. The van der Waals surface area contributed by atoms with Gasteiger partial charge in [-0.3, -0.25) is 4.79 Å². The van der Waals surface area contributed by atoms with Crippen LogP contribution < -0.4 is 0 Å². The van der Waals surface area contributed by atoms with E-state index in [4.69, 9.17) is 0 Å². The van der Waals surface area contributed by atoms with Crippen molar-refractivity contribution in [3.8, 4) is 0 Å². The van der Waals surface area contributed by atoms with E-state index in [2.05, 4.69) is 4.98 Å². The largest absolute Gasteiger partial charge is 0.339 e. The van der Waals surface area contributed by atoms with E-state index in [1.807, 2.05) is 12.3 Å². The first-order valence-electron chi connectivity index (χ1n) is 5.74. The SMILES string of the molecule is Cc1csc(CN(C)C(=O)[C@H]2CCS(=O)(=O)C2)n1. The highest BCUT2D eigenvalue weighted by atomic mass is 32.2. The number of aromatic nitrogens is 1. The van der Waals surface area contributed by atoms with Crippen LogP contribution >= 0.6 is 11.3 Å². The lowest BCUT2D eigenvalue weighted by molar-refractivity contribution is -0.133. The van der Waals surface area contributed by atoms with Gasteiger partial charge < -0.3 is 4.90 Å². The maximum absolute atomic E-state index is 12.1. The van der Waals surface area contributed by atoms with Gasteiger partial charge in [0.25, 0.3) is 0 Å². The second-order valence-electron chi connectivity index (χ2n) is 4.68. The molecule has 7 heteroatoms. The molecule has 1 amide bonds. The van der Waals surface area contributed by atoms with E-state index >= 15 is 0 Å². The third kappa shape index (κ3) is 3.08. The number of hydrogen-bond acceptors (Lipinski definition) is 5. The number of rotatable bonds is 3. The van der Waals surface area contributed by atoms with Gasteiger partial charge in [-0.2, -0.15) is 0 Å². The number of nitrogens with zero attached hydrogens (tertiary/aromatic N) is 2. The molecule has 0 radical (unpaired) electrons. The molecule has 1 aromatic heterocycles. The van der Waals surface area contributed by atoms with E-state index in [9.17, 15) is 13.2 Å². The highest BCUT2D eigenvalue weighted by Crippen LogP contribution is 2.21. The zero-order valence-corrected chi connectivity index (χ0v) is 12.1. The maximum atomic E-state index is 12.1. The topological polar surface area (TPSA) is 67.3 Å². The van der Waals surface area contributed by atoms with E-state index < -0.39 is 9.84 Å². The molecule has 0 unspecified atom stereocenters. The molecule has 1 aliphatic rings. The lowest BCUT2D eigenvalue weighted by atomic mass is 10.1. The summed E-state index contributed by atoms with van der Waals surface area (Å²) < 4.78 is 22.7. The molecule has 5 nitrogen and oxygen atoms in total. The Kier molecular flexibility index (Phi) is 3.72. The van der Waals surface area contributed by atoms with Crippen LogP contribution in [-0.2, 0) is 21.2 Å². The Hall–Kier alpha value is -0.950. The molecule has 0 aliphatic carbocycles. The lowest BCUT2D eigenvalue weighted by Crippen LogP contribution is -2.33. The molecule has 100 valence electrons. The first kappa shape index (κ1) is 13.5. The van der Waals surface area contributed by atoms with Crippen molar-refractivity contribution in [3.63, 3.8) is 0 Å². The van der Waals surface area contributed by atoms with Crippen molar-refractivity contribution in [2.24, 2.45) is 5.92 Å². The van der Waals surface area contributed by atoms with Gasteiger partial charge in [0.15, 0.2) is 9.84 Å². The molecule has 1 saturated heterocycles. The predicted molar refractivity (Wildman–Crippen MR) is 70.1 cm³/mol. The number of thiazole rings is 1. The average molecular weight is 288 g/mol. The second kappa shape index (κ2) is 4.97. The summed E-state index contributed by atoms with van der Waals surface area (Å²) in [5, 5.41) is 2.82. The summed E-state index contributed by atoms with van der Waals surface area (Å²) in [7, 11) is -1.30. The van der Waals surface area contributed by atoms with Gasteiger partial charge in [0.05, 0.1) is 24.0 Å². The first-order valence-corrected chi connectivity index (χ1v) is 8.44. The molecular formula is C11H16N2O3S2. The van der Waals surface area contributed by atoms with Crippen molar-refractivity contribution in [1.29, 1.82) is 0 Å². The fraction of sp³-hybridized carbons (Fsp3) is 0.636. The quantitative estimate of drug-likeness (QED) is 0.827. The fourth-order valence-corrected chi connectivity index (χ4v) is 4.61. The Labute approximate surface area is 111 Å². The zero-order chi connectivity index (χ0) is 13.3. The minimum Gasteiger partial charge on any atom is -0.339 e. The minimum absolute atomic E-state index is 0.00687. The molecule has 0 bridgehead atoms. The Balaban J connectivity index is 1.97. The summed E-state index contributed by atoms with van der Waals surface area (Å²) in [6.07, 6.45) is 0.447. The van der Waals surface area contributed by atoms with E-state index in [1.165, 1.54) is 11.3 Å². The van der Waals surface area contributed by atoms with Gasteiger partial charge in [-0.25, -0.2) is 13.4 Å². The van der Waals surface area contributed by atoms with Crippen molar-refractivity contribution in [3.05, 3.63) is 16.1 Å². The van der Waals surface area contributed by atoms with E-state index in [1.54, 1.807) is 11.9 Å². The van der Waals surface area contributed by atoms with Gasteiger partial charge in [-0.05, 0) is 13.3 Å². The molecule has 1 aliphatic heterocycles. The van der Waals surface area contributed by atoms with Gasteiger partial charge in [-0.15, -0.1) is 11.3 Å².